The van der Waals surface area contributed by atoms with Crippen molar-refractivity contribution in [3.05, 3.63) is 39.3 Å². The van der Waals surface area contributed by atoms with Gasteiger partial charge in [-0.3, -0.25) is 19.7 Å². The summed E-state index contributed by atoms with van der Waals surface area (Å²) in [5.41, 5.74) is 1.71. The van der Waals surface area contributed by atoms with E-state index in [-0.39, 0.29) is 10.3 Å². The van der Waals surface area contributed by atoms with Gasteiger partial charge in [-0.05, 0) is 19.1 Å². The SMILES string of the molecule is Cc1nccnc1-c1cc(=O)[nH]c(=S)[nH]1. The molecule has 0 unspecified atom stereocenters. The molecule has 0 saturated heterocycles. The molecule has 2 aromatic heterocycles. The lowest BCUT2D eigenvalue weighted by Gasteiger charge is -2.02. The van der Waals surface area contributed by atoms with Crippen LogP contribution in [0.15, 0.2) is 23.3 Å². The molecular weight excluding hydrogens is 212 g/mol. The van der Waals surface area contributed by atoms with Crippen molar-refractivity contribution in [3.63, 3.8) is 0 Å². The summed E-state index contributed by atoms with van der Waals surface area (Å²) in [5.74, 6) is 0. The van der Waals surface area contributed by atoms with Crippen molar-refractivity contribution in [2.24, 2.45) is 0 Å². The number of H-pyrrole nitrogens is 2. The number of aromatic nitrogens is 4. The second-order valence-electron chi connectivity index (χ2n) is 2.99. The van der Waals surface area contributed by atoms with Crippen LogP contribution in [0, 0.1) is 11.7 Å². The third kappa shape index (κ3) is 1.99. The fourth-order valence-electron chi connectivity index (χ4n) is 1.27. The summed E-state index contributed by atoms with van der Waals surface area (Å²) < 4.78 is 0.280. The number of hydrogen-bond acceptors (Lipinski definition) is 4. The molecule has 0 fully saturated rings. The first-order valence-corrected chi connectivity index (χ1v) is 4.69. The van der Waals surface area contributed by atoms with Gasteiger partial charge in [0, 0.05) is 18.5 Å². The maximum absolute atomic E-state index is 11.2. The second-order valence-corrected chi connectivity index (χ2v) is 3.40. The summed E-state index contributed by atoms with van der Waals surface area (Å²) >= 11 is 4.87. The lowest BCUT2D eigenvalue weighted by molar-refractivity contribution is 1.06. The van der Waals surface area contributed by atoms with Gasteiger partial charge in [0.1, 0.15) is 5.69 Å². The minimum Gasteiger partial charge on any atom is -0.330 e. The summed E-state index contributed by atoms with van der Waals surface area (Å²) in [6.07, 6.45) is 3.17. The molecule has 6 heteroatoms. The van der Waals surface area contributed by atoms with Crippen LogP contribution in [0.3, 0.4) is 0 Å². The van der Waals surface area contributed by atoms with Gasteiger partial charge in [0.25, 0.3) is 5.56 Å². The van der Waals surface area contributed by atoms with Gasteiger partial charge in [-0.2, -0.15) is 0 Å². The van der Waals surface area contributed by atoms with Gasteiger partial charge < -0.3 is 4.98 Å². The minimum absolute atomic E-state index is 0.251. The number of nitrogens with zero attached hydrogens (tertiary/aromatic N) is 2. The Balaban J connectivity index is 2.70. The summed E-state index contributed by atoms with van der Waals surface area (Å²) in [7, 11) is 0. The standard InChI is InChI=1S/C9H8N4OS/c1-5-8(11-3-2-10-5)6-4-7(14)13-9(15)12-6/h2-4H,1H3,(H2,12,13,14,15). The molecule has 0 radical (unpaired) electrons. The van der Waals surface area contributed by atoms with Gasteiger partial charge in [0.2, 0.25) is 0 Å². The number of rotatable bonds is 1. The zero-order valence-corrected chi connectivity index (χ0v) is 8.76. The molecule has 0 bridgehead atoms. The molecule has 76 valence electrons. The Labute approximate surface area is 90.3 Å². The molecule has 0 atom stereocenters. The lowest BCUT2D eigenvalue weighted by atomic mass is 10.2. The van der Waals surface area contributed by atoms with Gasteiger partial charge in [0.05, 0.1) is 11.4 Å². The molecule has 2 rings (SSSR count). The highest BCUT2D eigenvalue weighted by Crippen LogP contribution is 2.13. The van der Waals surface area contributed by atoms with Crippen molar-refractivity contribution < 1.29 is 0 Å². The van der Waals surface area contributed by atoms with Crippen LogP contribution in [-0.4, -0.2) is 19.9 Å². The summed E-state index contributed by atoms with van der Waals surface area (Å²) in [4.78, 5) is 24.7. The largest absolute Gasteiger partial charge is 0.330 e. The molecule has 0 aliphatic heterocycles. The maximum atomic E-state index is 11.2. The molecule has 0 saturated carbocycles. The zero-order valence-electron chi connectivity index (χ0n) is 7.94. The number of aromatic amines is 2. The average Bonchev–Trinajstić information content (AvgIpc) is 2.16. The van der Waals surface area contributed by atoms with Crippen molar-refractivity contribution in [1.29, 1.82) is 0 Å². The zero-order chi connectivity index (χ0) is 10.8. The van der Waals surface area contributed by atoms with Crippen molar-refractivity contribution >= 4 is 12.2 Å². The maximum Gasteiger partial charge on any atom is 0.252 e. The normalized spacial score (nSPS) is 10.2. The topological polar surface area (TPSA) is 74.4 Å². The third-order valence-corrected chi connectivity index (χ3v) is 2.10. The minimum atomic E-state index is -0.251. The van der Waals surface area contributed by atoms with Gasteiger partial charge >= 0.3 is 0 Å². The van der Waals surface area contributed by atoms with Crippen LogP contribution in [0.1, 0.15) is 5.69 Å². The Kier molecular flexibility index (Phi) is 2.42. The predicted molar refractivity (Wildman–Crippen MR) is 58.0 cm³/mol. The van der Waals surface area contributed by atoms with Crippen molar-refractivity contribution in [2.45, 2.75) is 6.92 Å². The van der Waals surface area contributed by atoms with Crippen LogP contribution in [0.2, 0.25) is 0 Å². The van der Waals surface area contributed by atoms with E-state index in [9.17, 15) is 4.79 Å². The average molecular weight is 220 g/mol. The number of aryl methyl sites for hydroxylation is 1. The van der Waals surface area contributed by atoms with E-state index in [1.54, 1.807) is 12.4 Å². The van der Waals surface area contributed by atoms with Crippen molar-refractivity contribution in [3.8, 4) is 11.4 Å². The van der Waals surface area contributed by atoms with E-state index in [2.05, 4.69) is 19.9 Å². The molecular formula is C9H8N4OS. The Morgan fingerprint density at radius 1 is 1.27 bits per heavy atom. The van der Waals surface area contributed by atoms with Gasteiger partial charge in [-0.1, -0.05) is 0 Å². The van der Waals surface area contributed by atoms with Gasteiger partial charge in [0.15, 0.2) is 4.77 Å². The molecule has 15 heavy (non-hydrogen) atoms. The van der Waals surface area contributed by atoms with Crippen LogP contribution in [0.25, 0.3) is 11.4 Å². The number of hydrogen-bond donors (Lipinski definition) is 2. The Morgan fingerprint density at radius 2 is 2.00 bits per heavy atom. The van der Waals surface area contributed by atoms with E-state index >= 15 is 0 Å². The van der Waals surface area contributed by atoms with E-state index in [1.165, 1.54) is 6.07 Å². The molecule has 2 N–H and O–H groups in total. The highest BCUT2D eigenvalue weighted by molar-refractivity contribution is 7.71. The van der Waals surface area contributed by atoms with Gasteiger partial charge in [-0.15, -0.1) is 0 Å². The van der Waals surface area contributed by atoms with E-state index in [0.717, 1.165) is 5.69 Å². The number of nitrogens with one attached hydrogen (secondary N) is 2. The molecule has 5 nitrogen and oxygen atoms in total. The van der Waals surface area contributed by atoms with E-state index in [1.807, 2.05) is 6.92 Å². The Bertz CT molecular complexity index is 573. The van der Waals surface area contributed by atoms with Crippen molar-refractivity contribution in [1.82, 2.24) is 19.9 Å². The van der Waals surface area contributed by atoms with Crippen LogP contribution < -0.4 is 5.56 Å². The summed E-state index contributed by atoms with van der Waals surface area (Å²) in [6, 6.07) is 1.41. The van der Waals surface area contributed by atoms with E-state index < -0.39 is 0 Å². The molecule has 0 aromatic carbocycles. The first-order chi connectivity index (χ1) is 7.16. The third-order valence-electron chi connectivity index (χ3n) is 1.90. The fourth-order valence-corrected chi connectivity index (χ4v) is 1.48. The van der Waals surface area contributed by atoms with Crippen molar-refractivity contribution in [2.75, 3.05) is 0 Å². The molecule has 0 spiro atoms. The Hall–Kier alpha value is -1.82. The second kappa shape index (κ2) is 3.74. The first-order valence-electron chi connectivity index (χ1n) is 4.28. The van der Waals surface area contributed by atoms with E-state index in [0.29, 0.717) is 11.4 Å². The predicted octanol–water partition coefficient (Wildman–Crippen LogP) is 1.20. The monoisotopic (exact) mass is 220 g/mol. The highest BCUT2D eigenvalue weighted by atomic mass is 32.1. The molecule has 0 aliphatic carbocycles. The van der Waals surface area contributed by atoms with Gasteiger partial charge in [-0.25, -0.2) is 0 Å². The molecule has 2 heterocycles. The Morgan fingerprint density at radius 3 is 2.67 bits per heavy atom. The quantitative estimate of drug-likeness (QED) is 0.708. The van der Waals surface area contributed by atoms with Crippen LogP contribution >= 0.6 is 12.2 Å². The molecule has 0 aliphatic rings. The molecule has 2 aromatic rings. The summed E-state index contributed by atoms with van der Waals surface area (Å²) in [6.45, 7) is 1.82. The van der Waals surface area contributed by atoms with Crippen LogP contribution in [0.4, 0.5) is 0 Å². The highest BCUT2D eigenvalue weighted by Gasteiger charge is 2.04. The first kappa shape index (κ1) is 9.72. The smallest absolute Gasteiger partial charge is 0.252 e. The van der Waals surface area contributed by atoms with E-state index in [4.69, 9.17) is 12.2 Å². The molecule has 0 amide bonds. The van der Waals surface area contributed by atoms with Crippen LogP contribution in [-0.2, 0) is 0 Å². The summed E-state index contributed by atoms with van der Waals surface area (Å²) in [5, 5.41) is 0. The lowest BCUT2D eigenvalue weighted by Crippen LogP contribution is -2.07. The van der Waals surface area contributed by atoms with Crippen LogP contribution in [0.5, 0.6) is 0 Å². The fraction of sp³-hybridized carbons (Fsp3) is 0.111.